The number of fused-ring (bicyclic) bond motifs is 1. The van der Waals surface area contributed by atoms with E-state index in [0.717, 1.165) is 5.56 Å². The first-order valence-corrected chi connectivity index (χ1v) is 8.88. The van der Waals surface area contributed by atoms with Gasteiger partial charge in [-0.05, 0) is 24.6 Å². The lowest BCUT2D eigenvalue weighted by atomic mass is 10.2. The highest BCUT2D eigenvalue weighted by Crippen LogP contribution is 2.36. The first-order valence-electron chi connectivity index (χ1n) is 8.06. The maximum Gasteiger partial charge on any atom is 0.266 e. The number of aryl methyl sites for hydroxylation is 1. The van der Waals surface area contributed by atoms with Crippen molar-refractivity contribution in [2.75, 3.05) is 32.4 Å². The van der Waals surface area contributed by atoms with E-state index in [-0.39, 0.29) is 12.5 Å². The summed E-state index contributed by atoms with van der Waals surface area (Å²) in [7, 11) is 4.65. The van der Waals surface area contributed by atoms with Crippen molar-refractivity contribution in [3.63, 3.8) is 0 Å². The van der Waals surface area contributed by atoms with Crippen LogP contribution in [-0.2, 0) is 11.3 Å². The molecule has 9 heteroatoms. The number of nitrogens with one attached hydrogen (secondary N) is 1. The maximum absolute atomic E-state index is 12.9. The van der Waals surface area contributed by atoms with Gasteiger partial charge in [0.05, 0.1) is 35.9 Å². The van der Waals surface area contributed by atoms with Crippen LogP contribution in [-0.4, -0.2) is 37.2 Å². The van der Waals surface area contributed by atoms with Crippen molar-refractivity contribution in [1.29, 1.82) is 0 Å². The van der Waals surface area contributed by atoms with Crippen LogP contribution in [0.2, 0.25) is 0 Å². The van der Waals surface area contributed by atoms with Crippen LogP contribution in [0.15, 0.2) is 18.2 Å². The number of nitrogens with two attached hydrogens (primary N) is 1. The van der Waals surface area contributed by atoms with Crippen molar-refractivity contribution in [1.82, 2.24) is 9.97 Å². The molecular formula is C18H20N4O4S. The summed E-state index contributed by atoms with van der Waals surface area (Å²) in [5.41, 5.74) is 7.63. The van der Waals surface area contributed by atoms with Gasteiger partial charge < -0.3 is 25.3 Å². The van der Waals surface area contributed by atoms with Crippen molar-refractivity contribution in [2.24, 2.45) is 0 Å². The summed E-state index contributed by atoms with van der Waals surface area (Å²) < 4.78 is 15.7. The molecule has 142 valence electrons. The smallest absolute Gasteiger partial charge is 0.266 e. The number of nitrogens with zero attached hydrogens (tertiary/aromatic N) is 2. The zero-order valence-corrected chi connectivity index (χ0v) is 16.3. The molecule has 8 nitrogen and oxygen atoms in total. The Labute approximate surface area is 160 Å². The molecule has 0 atom stereocenters. The number of amides is 1. The van der Waals surface area contributed by atoms with Gasteiger partial charge in [0.1, 0.15) is 17.2 Å². The lowest BCUT2D eigenvalue weighted by Crippen LogP contribution is -2.13. The van der Waals surface area contributed by atoms with E-state index in [1.54, 1.807) is 32.4 Å². The first kappa shape index (κ1) is 18.9. The predicted molar refractivity (Wildman–Crippen MR) is 105 cm³/mol. The Bertz CT molecular complexity index is 1000. The Morgan fingerprint density at radius 2 is 2.00 bits per heavy atom. The number of hydrogen-bond acceptors (Lipinski definition) is 8. The van der Waals surface area contributed by atoms with Gasteiger partial charge in [-0.1, -0.05) is 0 Å². The number of methoxy groups -OCH3 is 3. The highest BCUT2D eigenvalue weighted by molar-refractivity contribution is 7.20. The number of nitrogen functional groups attached to an aromatic ring is 1. The lowest BCUT2D eigenvalue weighted by Gasteiger charge is -2.09. The summed E-state index contributed by atoms with van der Waals surface area (Å²) in [5.74, 6) is 1.22. The highest BCUT2D eigenvalue weighted by Gasteiger charge is 2.21. The third kappa shape index (κ3) is 3.64. The van der Waals surface area contributed by atoms with E-state index >= 15 is 0 Å². The molecule has 0 saturated carbocycles. The van der Waals surface area contributed by atoms with Gasteiger partial charge in [-0.15, -0.1) is 11.3 Å². The minimum Gasteiger partial charge on any atom is -0.497 e. The van der Waals surface area contributed by atoms with Gasteiger partial charge in [0.15, 0.2) is 5.82 Å². The fourth-order valence-electron chi connectivity index (χ4n) is 2.65. The normalized spacial score (nSPS) is 10.8. The van der Waals surface area contributed by atoms with Crippen LogP contribution in [0.3, 0.4) is 0 Å². The van der Waals surface area contributed by atoms with Crippen LogP contribution in [0.5, 0.6) is 11.6 Å². The van der Waals surface area contributed by atoms with Crippen LogP contribution < -0.4 is 20.5 Å². The Kier molecular flexibility index (Phi) is 5.43. The van der Waals surface area contributed by atoms with Gasteiger partial charge in [-0.2, -0.15) is 4.98 Å². The number of carbonyl (C=O) groups is 1. The van der Waals surface area contributed by atoms with Gasteiger partial charge in [0, 0.05) is 13.2 Å². The molecule has 2 heterocycles. The molecule has 0 aliphatic heterocycles. The van der Waals surface area contributed by atoms with E-state index in [1.807, 2.05) is 6.92 Å². The largest absolute Gasteiger partial charge is 0.497 e. The summed E-state index contributed by atoms with van der Waals surface area (Å²) in [6.07, 6.45) is 0. The van der Waals surface area contributed by atoms with Crippen molar-refractivity contribution in [2.45, 2.75) is 13.5 Å². The summed E-state index contributed by atoms with van der Waals surface area (Å²) in [6.45, 7) is 2.09. The Morgan fingerprint density at radius 1 is 1.22 bits per heavy atom. The molecule has 0 radical (unpaired) electrons. The first-order chi connectivity index (χ1) is 13.0. The Hall–Kier alpha value is -2.91. The van der Waals surface area contributed by atoms with Crippen LogP contribution in [0.4, 0.5) is 11.4 Å². The van der Waals surface area contributed by atoms with Crippen molar-refractivity contribution < 1.29 is 19.0 Å². The molecule has 0 aliphatic rings. The zero-order chi connectivity index (χ0) is 19.6. The molecule has 27 heavy (non-hydrogen) atoms. The number of benzene rings is 1. The third-order valence-electron chi connectivity index (χ3n) is 3.98. The minimum absolute atomic E-state index is 0.255. The van der Waals surface area contributed by atoms with Gasteiger partial charge in [0.2, 0.25) is 5.88 Å². The molecule has 0 aliphatic carbocycles. The number of rotatable bonds is 6. The standard InChI is InChI=1S/C18H20N4O4S/c1-9-14-17(26-4)21-13(8-24-2)22-18(14)27-15(9)16(23)20-12-7-10(25-3)5-6-11(12)19/h5-7H,8,19H2,1-4H3,(H,20,23). The molecule has 2 aromatic heterocycles. The second-order valence-corrected chi connectivity index (χ2v) is 6.72. The van der Waals surface area contributed by atoms with Crippen LogP contribution in [0.1, 0.15) is 21.1 Å². The van der Waals surface area contributed by atoms with E-state index in [4.69, 9.17) is 19.9 Å². The van der Waals surface area contributed by atoms with Crippen LogP contribution >= 0.6 is 11.3 Å². The van der Waals surface area contributed by atoms with Crippen molar-refractivity contribution in [3.8, 4) is 11.6 Å². The molecule has 3 N–H and O–H groups in total. The maximum atomic E-state index is 12.9. The van der Waals surface area contributed by atoms with E-state index in [0.29, 0.717) is 43.9 Å². The second-order valence-electron chi connectivity index (χ2n) is 5.73. The molecule has 0 bridgehead atoms. The monoisotopic (exact) mass is 388 g/mol. The predicted octanol–water partition coefficient (Wildman–Crippen LogP) is 3.00. The van der Waals surface area contributed by atoms with Gasteiger partial charge in [-0.25, -0.2) is 4.98 Å². The Balaban J connectivity index is 2.01. The second kappa shape index (κ2) is 7.77. The number of ether oxygens (including phenoxy) is 3. The Morgan fingerprint density at radius 3 is 2.67 bits per heavy atom. The average Bonchev–Trinajstić information content (AvgIpc) is 3.00. The molecule has 1 amide bonds. The number of aromatic nitrogens is 2. The zero-order valence-electron chi connectivity index (χ0n) is 15.5. The van der Waals surface area contributed by atoms with E-state index < -0.39 is 0 Å². The molecule has 3 aromatic rings. The fraction of sp³-hybridized carbons (Fsp3) is 0.278. The van der Waals surface area contributed by atoms with E-state index in [2.05, 4.69) is 15.3 Å². The quantitative estimate of drug-likeness (QED) is 0.625. The molecule has 1 aromatic carbocycles. The number of hydrogen-bond donors (Lipinski definition) is 2. The molecule has 0 unspecified atom stereocenters. The third-order valence-corrected chi connectivity index (χ3v) is 5.17. The van der Waals surface area contributed by atoms with Crippen LogP contribution in [0.25, 0.3) is 10.2 Å². The van der Waals surface area contributed by atoms with E-state index in [9.17, 15) is 4.79 Å². The summed E-state index contributed by atoms with van der Waals surface area (Å²) in [6, 6.07) is 5.08. The highest BCUT2D eigenvalue weighted by atomic mass is 32.1. The van der Waals surface area contributed by atoms with Gasteiger partial charge in [0.25, 0.3) is 5.91 Å². The number of anilines is 2. The molecule has 0 fully saturated rings. The summed E-state index contributed by atoms with van der Waals surface area (Å²) in [5, 5.41) is 3.55. The molecule has 0 spiro atoms. The van der Waals surface area contributed by atoms with Gasteiger partial charge >= 0.3 is 0 Å². The molecule has 3 rings (SSSR count). The molecular weight excluding hydrogens is 368 g/mol. The summed E-state index contributed by atoms with van der Waals surface area (Å²) >= 11 is 1.27. The lowest BCUT2D eigenvalue weighted by molar-refractivity contribution is 0.103. The van der Waals surface area contributed by atoms with Crippen LogP contribution in [0, 0.1) is 6.92 Å². The van der Waals surface area contributed by atoms with E-state index in [1.165, 1.54) is 18.4 Å². The SMILES string of the molecule is COCc1nc(OC)c2c(C)c(C(=O)Nc3cc(OC)ccc3N)sc2n1. The van der Waals surface area contributed by atoms with Gasteiger partial charge in [-0.3, -0.25) is 4.79 Å². The summed E-state index contributed by atoms with van der Waals surface area (Å²) in [4.78, 5) is 22.8. The average molecular weight is 388 g/mol. The number of thiophene rings is 1. The van der Waals surface area contributed by atoms with Crippen molar-refractivity contribution >= 4 is 38.8 Å². The minimum atomic E-state index is -0.286. The topological polar surface area (TPSA) is 109 Å². The molecule has 0 saturated heterocycles. The number of carbonyl (C=O) groups excluding carboxylic acids is 1. The van der Waals surface area contributed by atoms with Crippen molar-refractivity contribution in [3.05, 3.63) is 34.5 Å². The fourth-order valence-corrected chi connectivity index (χ4v) is 3.74.